The minimum Gasteiger partial charge on any atom is -0.334 e. The molecule has 4 heteroatoms. The number of likely N-dealkylation sites (tertiary alicyclic amines) is 1. The van der Waals surface area contributed by atoms with Crippen LogP contribution in [0.2, 0.25) is 0 Å². The number of carbonyl (C=O) groups is 1. The molecule has 1 aliphatic rings. The third-order valence-corrected chi connectivity index (χ3v) is 3.43. The van der Waals surface area contributed by atoms with E-state index in [9.17, 15) is 10.1 Å². The van der Waals surface area contributed by atoms with E-state index in [1.807, 2.05) is 23.1 Å². The number of hydrogen-bond acceptors (Lipinski definition) is 3. The van der Waals surface area contributed by atoms with Gasteiger partial charge in [-0.25, -0.2) is 0 Å². The van der Waals surface area contributed by atoms with Crippen LogP contribution >= 0.6 is 0 Å². The van der Waals surface area contributed by atoms with Gasteiger partial charge in [-0.3, -0.25) is 4.79 Å². The van der Waals surface area contributed by atoms with Crippen LogP contribution < -0.4 is 5.73 Å². The van der Waals surface area contributed by atoms with Crippen LogP contribution in [-0.2, 0) is 4.79 Å². The van der Waals surface area contributed by atoms with E-state index in [2.05, 4.69) is 19.9 Å². The lowest BCUT2D eigenvalue weighted by Crippen LogP contribution is -2.35. The van der Waals surface area contributed by atoms with Crippen molar-refractivity contribution in [2.45, 2.75) is 32.4 Å². The van der Waals surface area contributed by atoms with E-state index in [4.69, 9.17) is 5.73 Å². The minimum atomic E-state index is -0.235. The molecule has 100 valence electrons. The molecule has 0 aromatic heterocycles. The maximum Gasteiger partial charge on any atom is 0.224 e. The third-order valence-electron chi connectivity index (χ3n) is 3.43. The SMILES string of the molecule is CC(C)CN1C(=O)CC(N)C1c1ccccc1C#N. The molecule has 0 spiro atoms. The fourth-order valence-corrected chi connectivity index (χ4v) is 2.68. The van der Waals surface area contributed by atoms with Gasteiger partial charge in [-0.05, 0) is 17.5 Å². The summed E-state index contributed by atoms with van der Waals surface area (Å²) in [6, 6.07) is 9.17. The van der Waals surface area contributed by atoms with Crippen molar-refractivity contribution in [3.8, 4) is 6.07 Å². The minimum absolute atomic E-state index is 0.0824. The Hall–Kier alpha value is -1.86. The highest BCUT2D eigenvalue weighted by Crippen LogP contribution is 2.34. The van der Waals surface area contributed by atoms with Gasteiger partial charge in [0.05, 0.1) is 17.7 Å². The molecule has 2 rings (SSSR count). The molecule has 1 aliphatic heterocycles. The largest absolute Gasteiger partial charge is 0.334 e. The van der Waals surface area contributed by atoms with E-state index in [1.54, 1.807) is 6.07 Å². The van der Waals surface area contributed by atoms with Crippen LogP contribution in [0.1, 0.15) is 37.4 Å². The predicted molar refractivity (Wildman–Crippen MR) is 73.0 cm³/mol. The van der Waals surface area contributed by atoms with Crippen molar-refractivity contribution in [1.82, 2.24) is 4.90 Å². The van der Waals surface area contributed by atoms with Gasteiger partial charge in [0.25, 0.3) is 0 Å². The zero-order valence-electron chi connectivity index (χ0n) is 11.3. The lowest BCUT2D eigenvalue weighted by atomic mass is 9.96. The summed E-state index contributed by atoms with van der Waals surface area (Å²) >= 11 is 0. The van der Waals surface area contributed by atoms with Gasteiger partial charge in [0.2, 0.25) is 5.91 Å². The summed E-state index contributed by atoms with van der Waals surface area (Å²) in [4.78, 5) is 13.9. The van der Waals surface area contributed by atoms with Gasteiger partial charge in [-0.15, -0.1) is 0 Å². The molecule has 1 aromatic carbocycles. The highest BCUT2D eigenvalue weighted by molar-refractivity contribution is 5.80. The Bertz CT molecular complexity index is 518. The molecule has 2 atom stereocenters. The fraction of sp³-hybridized carbons (Fsp3) is 0.467. The van der Waals surface area contributed by atoms with Crippen LogP contribution in [0.3, 0.4) is 0 Å². The third kappa shape index (κ3) is 2.61. The van der Waals surface area contributed by atoms with Crippen molar-refractivity contribution < 1.29 is 4.79 Å². The Morgan fingerprint density at radius 1 is 1.47 bits per heavy atom. The van der Waals surface area contributed by atoms with Crippen LogP contribution in [0.5, 0.6) is 0 Å². The summed E-state index contributed by atoms with van der Waals surface area (Å²) in [5, 5.41) is 9.20. The van der Waals surface area contributed by atoms with Gasteiger partial charge in [-0.1, -0.05) is 32.0 Å². The predicted octanol–water partition coefficient (Wildman–Crippen LogP) is 1.81. The number of carbonyl (C=O) groups excluding carboxylic acids is 1. The summed E-state index contributed by atoms with van der Waals surface area (Å²) in [6.45, 7) is 4.83. The molecular formula is C15H19N3O. The summed E-state index contributed by atoms with van der Waals surface area (Å²) in [6.07, 6.45) is 0.358. The topological polar surface area (TPSA) is 70.1 Å². The number of benzene rings is 1. The van der Waals surface area contributed by atoms with Gasteiger partial charge >= 0.3 is 0 Å². The maximum absolute atomic E-state index is 12.1. The molecule has 1 amide bonds. The van der Waals surface area contributed by atoms with Crippen molar-refractivity contribution >= 4 is 5.91 Å². The average molecular weight is 257 g/mol. The number of nitrogens with zero attached hydrogens (tertiary/aromatic N) is 2. The lowest BCUT2D eigenvalue weighted by Gasteiger charge is -2.29. The quantitative estimate of drug-likeness (QED) is 0.897. The Labute approximate surface area is 113 Å². The van der Waals surface area contributed by atoms with Crippen molar-refractivity contribution in [2.24, 2.45) is 11.7 Å². The Balaban J connectivity index is 2.40. The van der Waals surface area contributed by atoms with E-state index >= 15 is 0 Å². The molecule has 1 aromatic rings. The molecule has 2 unspecified atom stereocenters. The monoisotopic (exact) mass is 257 g/mol. The van der Waals surface area contributed by atoms with E-state index in [1.165, 1.54) is 0 Å². The van der Waals surface area contributed by atoms with Gasteiger partial charge in [-0.2, -0.15) is 5.26 Å². The molecule has 1 fully saturated rings. The number of nitrogens with two attached hydrogens (primary N) is 1. The molecule has 0 radical (unpaired) electrons. The Morgan fingerprint density at radius 2 is 2.16 bits per heavy atom. The molecule has 0 aliphatic carbocycles. The number of rotatable bonds is 3. The Morgan fingerprint density at radius 3 is 2.79 bits per heavy atom. The van der Waals surface area contributed by atoms with Crippen molar-refractivity contribution in [2.75, 3.05) is 6.54 Å². The summed E-state index contributed by atoms with van der Waals surface area (Å²) in [7, 11) is 0. The molecule has 2 N–H and O–H groups in total. The molecule has 4 nitrogen and oxygen atoms in total. The highest BCUT2D eigenvalue weighted by atomic mass is 16.2. The highest BCUT2D eigenvalue weighted by Gasteiger charge is 2.39. The normalized spacial score (nSPS) is 22.9. The first kappa shape index (κ1) is 13.6. The molecule has 1 saturated heterocycles. The van der Waals surface area contributed by atoms with Crippen LogP contribution in [0, 0.1) is 17.2 Å². The summed E-state index contributed by atoms with van der Waals surface area (Å²) in [5.74, 6) is 0.463. The second kappa shape index (κ2) is 5.41. The Kier molecular flexibility index (Phi) is 3.87. The molecular weight excluding hydrogens is 238 g/mol. The molecule has 1 heterocycles. The standard InChI is InChI=1S/C15H19N3O/c1-10(2)9-18-14(19)7-13(17)15(18)12-6-4-3-5-11(12)8-16/h3-6,10,13,15H,7,9,17H2,1-2H3. The summed E-state index contributed by atoms with van der Waals surface area (Å²) < 4.78 is 0. The van der Waals surface area contributed by atoms with Crippen LogP contribution in [0.4, 0.5) is 0 Å². The smallest absolute Gasteiger partial charge is 0.224 e. The van der Waals surface area contributed by atoms with Crippen molar-refractivity contribution in [1.29, 1.82) is 5.26 Å². The van der Waals surface area contributed by atoms with E-state index in [0.29, 0.717) is 24.4 Å². The second-order valence-corrected chi connectivity index (χ2v) is 5.45. The van der Waals surface area contributed by atoms with E-state index < -0.39 is 0 Å². The summed E-state index contributed by atoms with van der Waals surface area (Å²) in [5.41, 5.74) is 7.59. The van der Waals surface area contributed by atoms with Crippen molar-refractivity contribution in [3.63, 3.8) is 0 Å². The molecule has 0 bridgehead atoms. The number of amides is 1. The zero-order valence-corrected chi connectivity index (χ0v) is 11.3. The molecule has 0 saturated carbocycles. The van der Waals surface area contributed by atoms with Crippen LogP contribution in [0.25, 0.3) is 0 Å². The zero-order chi connectivity index (χ0) is 14.0. The fourth-order valence-electron chi connectivity index (χ4n) is 2.68. The van der Waals surface area contributed by atoms with Crippen LogP contribution in [-0.4, -0.2) is 23.4 Å². The van der Waals surface area contributed by atoms with E-state index in [-0.39, 0.29) is 18.0 Å². The number of hydrogen-bond donors (Lipinski definition) is 1. The first-order valence-electron chi connectivity index (χ1n) is 6.58. The van der Waals surface area contributed by atoms with E-state index in [0.717, 1.165) is 5.56 Å². The van der Waals surface area contributed by atoms with Gasteiger partial charge < -0.3 is 10.6 Å². The first-order chi connectivity index (χ1) is 9.04. The maximum atomic E-state index is 12.1. The number of nitriles is 1. The first-order valence-corrected chi connectivity index (χ1v) is 6.58. The average Bonchev–Trinajstić information content (AvgIpc) is 2.63. The second-order valence-electron chi connectivity index (χ2n) is 5.45. The van der Waals surface area contributed by atoms with Crippen LogP contribution in [0.15, 0.2) is 24.3 Å². The lowest BCUT2D eigenvalue weighted by molar-refractivity contribution is -0.129. The van der Waals surface area contributed by atoms with Gasteiger partial charge in [0.15, 0.2) is 0 Å². The molecule has 19 heavy (non-hydrogen) atoms. The van der Waals surface area contributed by atoms with Crippen molar-refractivity contribution in [3.05, 3.63) is 35.4 Å². The van der Waals surface area contributed by atoms with Gasteiger partial charge in [0.1, 0.15) is 0 Å². The van der Waals surface area contributed by atoms with Gasteiger partial charge in [0, 0.05) is 19.0 Å².